The van der Waals surface area contributed by atoms with Gasteiger partial charge in [0.15, 0.2) is 11.4 Å². The summed E-state index contributed by atoms with van der Waals surface area (Å²) in [5.74, 6) is -3.32. The fourth-order valence-electron chi connectivity index (χ4n) is 8.03. The normalized spacial score (nSPS) is 16.2. The number of aryl methyl sites for hydroxylation is 2. The van der Waals surface area contributed by atoms with Crippen LogP contribution in [0.2, 0.25) is 5.02 Å². The summed E-state index contributed by atoms with van der Waals surface area (Å²) in [5.41, 5.74) is 3.14. The molecule has 2 unspecified atom stereocenters. The van der Waals surface area contributed by atoms with Gasteiger partial charge in [-0.15, -0.1) is 11.6 Å². The molecule has 2 atom stereocenters. The van der Waals surface area contributed by atoms with Gasteiger partial charge in [-0.1, -0.05) is 79.7 Å². The van der Waals surface area contributed by atoms with Crippen LogP contribution < -0.4 is 19.9 Å². The molecule has 6 rings (SSSR count). The molecule has 25 heteroatoms. The minimum atomic E-state index is -4.10. The van der Waals surface area contributed by atoms with Gasteiger partial charge in [-0.3, -0.25) is 33.9 Å². The number of unbranched alkanes of at least 4 members (excludes halogenated alkanes) is 2. The smallest absolute Gasteiger partial charge is 0.344 e. The number of anilines is 2. The molecule has 0 radical (unpaired) electrons. The Morgan fingerprint density at radius 1 is 1.03 bits per heavy atom. The van der Waals surface area contributed by atoms with E-state index in [-0.39, 0.29) is 46.3 Å². The van der Waals surface area contributed by atoms with Gasteiger partial charge in [0, 0.05) is 24.3 Å². The van der Waals surface area contributed by atoms with Crippen LogP contribution in [0.25, 0.3) is 0 Å². The first-order chi connectivity index (χ1) is 35.3. The number of benzene rings is 2. The number of halogens is 5. The number of carbonyl (C=O) groups excluding carboxylic acids is 5. The molecule has 2 aliphatic heterocycles. The average Bonchev–Trinajstić information content (AvgIpc) is 4.07. The number of ether oxygens (including phenoxy) is 4. The third-order valence-electron chi connectivity index (χ3n) is 11.5. The van der Waals surface area contributed by atoms with E-state index in [2.05, 4.69) is 18.3 Å². The van der Waals surface area contributed by atoms with E-state index in [9.17, 15) is 37.7 Å². The summed E-state index contributed by atoms with van der Waals surface area (Å²) in [7, 11) is -2.46. The summed E-state index contributed by atoms with van der Waals surface area (Å²) in [6, 6.07) is 11.8. The number of carboxylic acid groups (broad SMARTS) is 1. The minimum absolute atomic E-state index is 0.000883. The molecule has 1 fully saturated rings. The molecule has 0 saturated carbocycles. The second-order valence-electron chi connectivity index (χ2n) is 17.7. The van der Waals surface area contributed by atoms with Crippen LogP contribution in [0.4, 0.5) is 15.8 Å². The van der Waals surface area contributed by atoms with Gasteiger partial charge in [0.2, 0.25) is 5.91 Å². The zero-order chi connectivity index (χ0) is 56.2. The van der Waals surface area contributed by atoms with Crippen LogP contribution in [0.15, 0.2) is 64.3 Å². The molecule has 4 N–H and O–H groups in total. The molecule has 3 heterocycles. The van der Waals surface area contributed by atoms with E-state index in [0.717, 1.165) is 66.3 Å². The number of esters is 1. The summed E-state index contributed by atoms with van der Waals surface area (Å²) in [6.45, 7) is 12.0. The molecule has 3 aromatic rings. The molecule has 3 aliphatic rings. The Bertz CT molecular complexity index is 2480. The number of amides is 4. The fraction of sp³-hybridized carbons (Fsp3) is 0.520. The molecule has 1 aliphatic carbocycles. The van der Waals surface area contributed by atoms with Crippen molar-refractivity contribution < 1.29 is 76.0 Å². The molecule has 75 heavy (non-hydrogen) atoms. The van der Waals surface area contributed by atoms with E-state index < -0.39 is 67.2 Å². The predicted octanol–water partition coefficient (Wildman–Crippen LogP) is 9.01. The summed E-state index contributed by atoms with van der Waals surface area (Å²) < 4.78 is 51.2. The first-order valence-corrected chi connectivity index (χ1v) is 27.5. The van der Waals surface area contributed by atoms with E-state index in [0.29, 0.717) is 49.5 Å². The van der Waals surface area contributed by atoms with Crippen molar-refractivity contribution in [2.24, 2.45) is 0 Å². The third-order valence-corrected chi connectivity index (χ3v) is 13.0. The maximum Gasteiger partial charge on any atom is 0.344 e. The average molecular weight is 1150 g/mol. The zero-order valence-electron chi connectivity index (χ0n) is 42.9. The predicted molar refractivity (Wildman–Crippen MR) is 282 cm³/mol. The Morgan fingerprint density at radius 3 is 2.21 bits per heavy atom. The molecular formula is C50H66Cl4FN4O15P. The van der Waals surface area contributed by atoms with Crippen LogP contribution in [0.1, 0.15) is 103 Å². The van der Waals surface area contributed by atoms with Crippen molar-refractivity contribution in [1.82, 2.24) is 10.2 Å². The van der Waals surface area contributed by atoms with Crippen LogP contribution in [0, 0.1) is 12.7 Å². The van der Waals surface area contributed by atoms with Crippen molar-refractivity contribution >= 4 is 101 Å². The van der Waals surface area contributed by atoms with Crippen molar-refractivity contribution in [2.75, 3.05) is 62.0 Å². The highest BCUT2D eigenvalue weighted by atomic mass is 35.5. The second kappa shape index (κ2) is 31.0. The van der Waals surface area contributed by atoms with Gasteiger partial charge in [0.1, 0.15) is 35.0 Å². The number of para-hydroxylation sites is 1. The first-order valence-electron chi connectivity index (χ1n) is 23.9. The second-order valence-corrected chi connectivity index (χ2v) is 21.1. The van der Waals surface area contributed by atoms with E-state index in [1.54, 1.807) is 38.2 Å². The molecule has 0 spiro atoms. The number of rotatable bonds is 20. The lowest BCUT2D eigenvalue weighted by molar-refractivity contribution is -0.146. The lowest BCUT2D eigenvalue weighted by Crippen LogP contribution is -2.45. The number of aliphatic carboxylic acids is 1. The lowest BCUT2D eigenvalue weighted by Gasteiger charge is -2.31. The Labute approximate surface area is 456 Å². The molecule has 2 aromatic carbocycles. The van der Waals surface area contributed by atoms with Crippen molar-refractivity contribution in [3.05, 3.63) is 87.6 Å². The number of nitrogens with one attached hydrogen (secondary N) is 1. The standard InChI is InChI=1S/C21H23ClFNO5.C15H22ClNO2.C11H13Cl2NO3.C3H8NO5P/c1-2-3-6-9-28-19(25)12-29-18-11-17(16(23)10-15(18)22)24-20(26)13-7-4-5-8-14(13)21(24)27;1-5-13-8-6-7-11(2)15(13)17(14(18)9-16)12(3)10-19-4;1-11(2)14(10(15)9(12)13)6-8(17-11)7-4-3-5-16-7;5-3(6)1-4-2-10(7,8)9/h10-11H,2-9,12H2,1H3;6-8,12H,5,9-10H2,1-4H3;3-5,8-9H,6H2,1-2H3;4H,1-2H2,(H,5,6)(H2,7,8,9). The summed E-state index contributed by atoms with van der Waals surface area (Å²) in [4.78, 5) is 90.3. The van der Waals surface area contributed by atoms with Crippen molar-refractivity contribution in [1.29, 1.82) is 0 Å². The van der Waals surface area contributed by atoms with Gasteiger partial charge in [-0.25, -0.2) is 14.1 Å². The number of hydrogen-bond acceptors (Lipinski definition) is 13. The summed E-state index contributed by atoms with van der Waals surface area (Å²) in [5, 5.41) is 9.99. The maximum atomic E-state index is 14.5. The highest BCUT2D eigenvalue weighted by molar-refractivity contribution is 7.51. The monoisotopic (exact) mass is 1150 g/mol. The number of carboxylic acids is 1. The van der Waals surface area contributed by atoms with E-state index in [1.807, 2.05) is 39.0 Å². The van der Waals surface area contributed by atoms with Crippen LogP contribution in [0.5, 0.6) is 5.75 Å². The van der Waals surface area contributed by atoms with Gasteiger partial charge in [0.25, 0.3) is 17.7 Å². The quantitative estimate of drug-likeness (QED) is 0.0271. The number of carbonyl (C=O) groups is 6. The largest absolute Gasteiger partial charge is 0.480 e. The van der Waals surface area contributed by atoms with E-state index >= 15 is 0 Å². The van der Waals surface area contributed by atoms with Gasteiger partial charge in [-0.05, 0) is 95.5 Å². The minimum Gasteiger partial charge on any atom is -0.480 e. The van der Waals surface area contributed by atoms with Crippen molar-refractivity contribution in [2.45, 2.75) is 116 Å². The Morgan fingerprint density at radius 2 is 1.68 bits per heavy atom. The van der Waals surface area contributed by atoms with Crippen LogP contribution in [-0.2, 0) is 54.0 Å². The highest BCUT2D eigenvalue weighted by Crippen LogP contribution is 2.40. The Balaban J connectivity index is 0.000000281. The number of hydrogen-bond donors (Lipinski definition) is 4. The fourth-order valence-corrected chi connectivity index (χ4v) is 9.01. The van der Waals surface area contributed by atoms with Gasteiger partial charge in [-0.2, -0.15) is 0 Å². The van der Waals surface area contributed by atoms with Gasteiger partial charge in [0.05, 0.1) is 61.3 Å². The molecule has 1 saturated heterocycles. The SMILES string of the molecule is CC1(C)OC(c2ccco2)CN1C(=O)C(Cl)Cl.CCCCCOC(=O)COc1cc(N2C(=O)C3=C(CCCC3)C2=O)c(F)cc1Cl.CCc1cccc(C)c1N(C(=O)CCl)C(C)COC.O=C(O)CNCP(=O)(O)O. The van der Waals surface area contributed by atoms with Crippen molar-refractivity contribution in [3.8, 4) is 5.75 Å². The third kappa shape index (κ3) is 19.4. The molecule has 1 aromatic heterocycles. The van der Waals surface area contributed by atoms with Gasteiger partial charge >= 0.3 is 19.5 Å². The first kappa shape index (κ1) is 64.7. The molecular weight excluding hydrogens is 1090 g/mol. The molecule has 0 bridgehead atoms. The maximum absolute atomic E-state index is 14.5. The molecule has 416 valence electrons. The Kier molecular flexibility index (Phi) is 26.7. The van der Waals surface area contributed by atoms with E-state index in [4.69, 9.17) is 84.7 Å². The number of alkyl halides is 3. The van der Waals surface area contributed by atoms with E-state index in [1.165, 1.54) is 11.0 Å². The number of furan rings is 1. The lowest BCUT2D eigenvalue weighted by atomic mass is 9.93. The molecule has 4 amide bonds. The zero-order valence-corrected chi connectivity index (χ0v) is 46.8. The highest BCUT2D eigenvalue weighted by Gasteiger charge is 2.45. The summed E-state index contributed by atoms with van der Waals surface area (Å²) >= 11 is 23.0. The van der Waals surface area contributed by atoms with Crippen LogP contribution >= 0.6 is 54.0 Å². The molecule has 19 nitrogen and oxygen atoms in total. The van der Waals surface area contributed by atoms with Crippen molar-refractivity contribution in [3.63, 3.8) is 0 Å². The van der Waals surface area contributed by atoms with Gasteiger partial charge < -0.3 is 48.1 Å². The summed E-state index contributed by atoms with van der Waals surface area (Å²) in [6.07, 6.45) is 6.97. The number of nitrogens with zero attached hydrogens (tertiary/aromatic N) is 3. The van der Waals surface area contributed by atoms with Crippen LogP contribution in [-0.4, -0.2) is 124 Å². The number of imide groups is 1. The number of methoxy groups -OCH3 is 1. The topological polar surface area (TPSA) is 252 Å². The Hall–Kier alpha value is -4.60. The van der Waals surface area contributed by atoms with Crippen LogP contribution in [0.3, 0.4) is 0 Å².